The molecule has 3 aliphatic carbocycles. The molecule has 4 aliphatic rings. The van der Waals surface area contributed by atoms with Gasteiger partial charge in [0.05, 0.1) is 17.3 Å². The Balaban J connectivity index is 1.99. The van der Waals surface area contributed by atoms with E-state index in [-0.39, 0.29) is 23.5 Å². The fraction of sp³-hybridized carbons (Fsp3) is 0.250. The third kappa shape index (κ3) is 1.26. The first-order valence-electron chi connectivity index (χ1n) is 8.13. The first-order valence-corrected chi connectivity index (χ1v) is 8.13. The second-order valence-corrected chi connectivity index (χ2v) is 6.87. The van der Waals surface area contributed by atoms with E-state index >= 15 is 0 Å². The summed E-state index contributed by atoms with van der Waals surface area (Å²) in [5, 5.41) is 2.48. The summed E-state index contributed by atoms with van der Waals surface area (Å²) in [6, 6.07) is 15.5. The highest BCUT2D eigenvalue weighted by atomic mass is 16.2. The SMILES string of the molecule is CC(=O)C12c3ccccc3C(c3ccccc31)[C@@H]1C(=O)NC(=O)[C@H]12. The number of hydrogen-bond donors (Lipinski definition) is 1. The highest BCUT2D eigenvalue weighted by Gasteiger charge is 2.67. The van der Waals surface area contributed by atoms with Gasteiger partial charge in [0.2, 0.25) is 11.8 Å². The number of nitrogens with one attached hydrogen (secondary N) is 1. The van der Waals surface area contributed by atoms with Crippen LogP contribution in [0.5, 0.6) is 0 Å². The summed E-state index contributed by atoms with van der Waals surface area (Å²) in [6.45, 7) is 1.53. The van der Waals surface area contributed by atoms with Crippen LogP contribution in [0, 0.1) is 11.8 Å². The molecule has 2 aromatic rings. The Hall–Kier alpha value is -2.75. The Bertz CT molecular complexity index is 898. The third-order valence-corrected chi connectivity index (χ3v) is 6.01. The van der Waals surface area contributed by atoms with Crippen LogP contribution in [-0.2, 0) is 19.8 Å². The molecule has 0 unspecified atom stereocenters. The molecule has 1 aliphatic heterocycles. The van der Waals surface area contributed by atoms with E-state index in [9.17, 15) is 14.4 Å². The summed E-state index contributed by atoms with van der Waals surface area (Å²) in [4.78, 5) is 38.2. The lowest BCUT2D eigenvalue weighted by Gasteiger charge is -2.52. The number of carbonyl (C=O) groups is 3. The zero-order chi connectivity index (χ0) is 16.6. The number of ketones is 1. The van der Waals surface area contributed by atoms with Crippen molar-refractivity contribution in [1.82, 2.24) is 5.32 Å². The van der Waals surface area contributed by atoms with E-state index in [0.717, 1.165) is 22.3 Å². The minimum atomic E-state index is -1.07. The Kier molecular flexibility index (Phi) is 2.39. The van der Waals surface area contributed by atoms with E-state index in [2.05, 4.69) is 5.32 Å². The van der Waals surface area contributed by atoms with Gasteiger partial charge >= 0.3 is 0 Å². The summed E-state index contributed by atoms with van der Waals surface area (Å²) in [6.07, 6.45) is 0. The van der Waals surface area contributed by atoms with Crippen molar-refractivity contribution in [2.45, 2.75) is 18.3 Å². The number of amides is 2. The largest absolute Gasteiger partial charge is 0.299 e. The molecule has 4 nitrogen and oxygen atoms in total. The van der Waals surface area contributed by atoms with Crippen LogP contribution in [0.3, 0.4) is 0 Å². The molecule has 0 spiro atoms. The minimum Gasteiger partial charge on any atom is -0.299 e. The van der Waals surface area contributed by atoms with Gasteiger partial charge in [0, 0.05) is 5.92 Å². The predicted octanol–water partition coefficient (Wildman–Crippen LogP) is 1.91. The maximum atomic E-state index is 13.0. The number of rotatable bonds is 1. The van der Waals surface area contributed by atoms with Gasteiger partial charge in [-0.1, -0.05) is 48.5 Å². The first kappa shape index (κ1) is 13.7. The lowest BCUT2D eigenvalue weighted by atomic mass is 9.46. The molecule has 1 fully saturated rings. The van der Waals surface area contributed by atoms with Crippen molar-refractivity contribution in [3.63, 3.8) is 0 Å². The van der Waals surface area contributed by atoms with E-state index in [1.54, 1.807) is 0 Å². The molecular formula is C20H15NO3. The van der Waals surface area contributed by atoms with Gasteiger partial charge in [0.1, 0.15) is 5.78 Å². The van der Waals surface area contributed by atoms with E-state index in [0.29, 0.717) is 0 Å². The van der Waals surface area contributed by atoms with Gasteiger partial charge in [-0.05, 0) is 29.2 Å². The molecule has 1 heterocycles. The van der Waals surface area contributed by atoms with Crippen molar-refractivity contribution < 1.29 is 14.4 Å². The van der Waals surface area contributed by atoms with Gasteiger partial charge in [-0.2, -0.15) is 0 Å². The Morgan fingerprint density at radius 2 is 1.46 bits per heavy atom. The van der Waals surface area contributed by atoms with Crippen LogP contribution >= 0.6 is 0 Å². The fourth-order valence-corrected chi connectivity index (χ4v) is 5.29. The molecule has 24 heavy (non-hydrogen) atoms. The lowest BCUT2D eigenvalue weighted by Crippen LogP contribution is -2.57. The van der Waals surface area contributed by atoms with Crippen LogP contribution < -0.4 is 5.32 Å². The highest BCUT2D eigenvalue weighted by Crippen LogP contribution is 2.63. The first-order chi connectivity index (χ1) is 11.6. The zero-order valence-electron chi connectivity index (χ0n) is 13.1. The molecule has 4 heteroatoms. The van der Waals surface area contributed by atoms with Gasteiger partial charge in [-0.25, -0.2) is 0 Å². The standard InChI is InChI=1S/C20H15NO3/c1-10(22)20-13-8-4-2-6-11(13)15(12-7-3-5-9-14(12)20)16-17(20)19(24)21-18(16)23/h2-9,15-17H,1H3,(H,21,23,24)/t15?,16-,17-,20?/m0/s1. The summed E-state index contributed by atoms with van der Waals surface area (Å²) < 4.78 is 0. The maximum Gasteiger partial charge on any atom is 0.232 e. The van der Waals surface area contributed by atoms with E-state index in [1.807, 2.05) is 48.5 Å². The van der Waals surface area contributed by atoms with Crippen molar-refractivity contribution in [2.24, 2.45) is 11.8 Å². The average molecular weight is 317 g/mol. The molecule has 0 radical (unpaired) electrons. The van der Waals surface area contributed by atoms with Crippen molar-refractivity contribution in [1.29, 1.82) is 0 Å². The Morgan fingerprint density at radius 1 is 0.917 bits per heavy atom. The van der Waals surface area contributed by atoms with Crippen LogP contribution in [-0.4, -0.2) is 17.6 Å². The molecule has 2 bridgehead atoms. The zero-order valence-corrected chi connectivity index (χ0v) is 13.1. The van der Waals surface area contributed by atoms with Crippen LogP contribution in [0.4, 0.5) is 0 Å². The van der Waals surface area contributed by atoms with Gasteiger partial charge in [-0.15, -0.1) is 0 Å². The maximum absolute atomic E-state index is 13.0. The molecule has 2 aromatic carbocycles. The van der Waals surface area contributed by atoms with Crippen LogP contribution in [0.15, 0.2) is 48.5 Å². The van der Waals surface area contributed by atoms with Crippen molar-refractivity contribution in [3.8, 4) is 0 Å². The molecule has 2 atom stereocenters. The highest BCUT2D eigenvalue weighted by molar-refractivity contribution is 6.12. The van der Waals surface area contributed by atoms with E-state index in [4.69, 9.17) is 0 Å². The second kappa shape index (κ2) is 4.20. The van der Waals surface area contributed by atoms with Crippen LogP contribution in [0.2, 0.25) is 0 Å². The molecule has 2 amide bonds. The van der Waals surface area contributed by atoms with Gasteiger partial charge in [-0.3, -0.25) is 19.7 Å². The molecule has 1 N–H and O–H groups in total. The lowest BCUT2D eigenvalue weighted by molar-refractivity contribution is -0.133. The van der Waals surface area contributed by atoms with Crippen molar-refractivity contribution in [3.05, 3.63) is 70.8 Å². The molecule has 1 saturated heterocycles. The van der Waals surface area contributed by atoms with Gasteiger partial charge in [0.15, 0.2) is 0 Å². The molecule has 118 valence electrons. The van der Waals surface area contributed by atoms with Crippen LogP contribution in [0.25, 0.3) is 0 Å². The molecule has 0 aromatic heterocycles. The molecular weight excluding hydrogens is 302 g/mol. The Labute approximate surface area is 138 Å². The van der Waals surface area contributed by atoms with Crippen molar-refractivity contribution in [2.75, 3.05) is 0 Å². The summed E-state index contributed by atoms with van der Waals surface area (Å²) >= 11 is 0. The monoisotopic (exact) mass is 317 g/mol. The summed E-state index contributed by atoms with van der Waals surface area (Å²) in [5.41, 5.74) is 2.69. The van der Waals surface area contributed by atoms with Gasteiger partial charge in [0.25, 0.3) is 0 Å². The van der Waals surface area contributed by atoms with Crippen molar-refractivity contribution >= 4 is 17.6 Å². The minimum absolute atomic E-state index is 0.0830. The smallest absolute Gasteiger partial charge is 0.232 e. The summed E-state index contributed by atoms with van der Waals surface area (Å²) in [5.74, 6) is -2.00. The van der Waals surface area contributed by atoms with E-state index < -0.39 is 17.3 Å². The third-order valence-electron chi connectivity index (χ3n) is 6.01. The number of carbonyl (C=O) groups excluding carboxylic acids is 3. The topological polar surface area (TPSA) is 63.2 Å². The molecule has 6 rings (SSSR count). The average Bonchev–Trinajstić information content (AvgIpc) is 2.90. The number of benzene rings is 2. The number of hydrogen-bond acceptors (Lipinski definition) is 3. The van der Waals surface area contributed by atoms with E-state index in [1.165, 1.54) is 6.92 Å². The normalized spacial score (nSPS) is 32.0. The Morgan fingerprint density at radius 3 is 2.00 bits per heavy atom. The summed E-state index contributed by atoms with van der Waals surface area (Å²) in [7, 11) is 0. The fourth-order valence-electron chi connectivity index (χ4n) is 5.29. The quantitative estimate of drug-likeness (QED) is 0.817. The van der Waals surface area contributed by atoms with Gasteiger partial charge < -0.3 is 0 Å². The van der Waals surface area contributed by atoms with Crippen LogP contribution in [0.1, 0.15) is 35.1 Å². The second-order valence-electron chi connectivity index (χ2n) is 6.87. The molecule has 0 saturated carbocycles. The number of Topliss-reactive ketones (excluding diaryl/α,β-unsaturated/α-hetero) is 1. The predicted molar refractivity (Wildman–Crippen MR) is 86.3 cm³/mol. The number of imide groups is 1.